The Morgan fingerprint density at radius 2 is 1.90 bits per heavy atom. The largest absolute Gasteiger partial charge is 0.354 e. The van der Waals surface area contributed by atoms with Crippen molar-refractivity contribution in [1.29, 1.82) is 0 Å². The van der Waals surface area contributed by atoms with Gasteiger partial charge in [-0.3, -0.25) is 0 Å². The van der Waals surface area contributed by atoms with E-state index in [0.717, 1.165) is 36.7 Å². The molecule has 1 fully saturated rings. The van der Waals surface area contributed by atoms with Crippen LogP contribution in [0.2, 0.25) is 0 Å². The molecule has 1 aliphatic carbocycles. The first-order valence-electron chi connectivity index (χ1n) is 7.89. The molecule has 0 amide bonds. The van der Waals surface area contributed by atoms with Crippen molar-refractivity contribution < 1.29 is 0 Å². The molecule has 0 spiro atoms. The van der Waals surface area contributed by atoms with Crippen molar-refractivity contribution in [3.8, 4) is 0 Å². The normalized spacial score (nSPS) is 23.1. The highest BCUT2D eigenvalue weighted by Gasteiger charge is 2.25. The molecule has 1 saturated carbocycles. The van der Waals surface area contributed by atoms with Crippen molar-refractivity contribution in [3.63, 3.8) is 0 Å². The summed E-state index contributed by atoms with van der Waals surface area (Å²) >= 11 is 0. The van der Waals surface area contributed by atoms with E-state index in [4.69, 9.17) is 10.7 Å². The van der Waals surface area contributed by atoms with Crippen LogP contribution in [-0.2, 0) is 0 Å². The lowest BCUT2D eigenvalue weighted by atomic mass is 9.90. The van der Waals surface area contributed by atoms with Crippen LogP contribution in [-0.4, -0.2) is 28.6 Å². The molecule has 1 aromatic heterocycles. The fourth-order valence-corrected chi connectivity index (χ4v) is 3.00. The molecule has 0 aliphatic heterocycles. The van der Waals surface area contributed by atoms with Crippen LogP contribution in [0.3, 0.4) is 0 Å². The lowest BCUT2D eigenvalue weighted by molar-refractivity contribution is 0.376. The molecule has 1 aliphatic rings. The minimum Gasteiger partial charge on any atom is -0.354 e. The van der Waals surface area contributed by atoms with Gasteiger partial charge in [0, 0.05) is 36.3 Å². The molecule has 2 N–H and O–H groups in total. The third-order valence-corrected chi connectivity index (χ3v) is 4.19. The van der Waals surface area contributed by atoms with Crippen LogP contribution in [0.5, 0.6) is 0 Å². The van der Waals surface area contributed by atoms with Gasteiger partial charge in [0.1, 0.15) is 11.6 Å². The quantitative estimate of drug-likeness (QED) is 0.918. The zero-order valence-electron chi connectivity index (χ0n) is 13.3. The summed E-state index contributed by atoms with van der Waals surface area (Å²) in [5.74, 6) is 2.40. The number of rotatable bonds is 4. The molecule has 0 radical (unpaired) electrons. The molecule has 0 bridgehead atoms. The summed E-state index contributed by atoms with van der Waals surface area (Å²) in [6, 6.07) is 3.08. The molecule has 1 aromatic rings. The van der Waals surface area contributed by atoms with E-state index < -0.39 is 0 Å². The maximum absolute atomic E-state index is 6.02. The average Bonchev–Trinajstić information content (AvgIpc) is 2.41. The maximum Gasteiger partial charge on any atom is 0.133 e. The van der Waals surface area contributed by atoms with Crippen molar-refractivity contribution in [2.75, 3.05) is 11.4 Å². The molecule has 0 atom stereocenters. The number of aryl methyl sites for hydroxylation is 1. The fraction of sp³-hybridized carbons (Fsp3) is 0.750. The SMILES string of the molecule is CCN(c1cc(C)nc(C(C)C)n1)C1CCC(N)CC1. The molecule has 20 heavy (non-hydrogen) atoms. The Hall–Kier alpha value is -1.16. The second-order valence-electron chi connectivity index (χ2n) is 6.24. The van der Waals surface area contributed by atoms with Crippen LogP contribution in [0.15, 0.2) is 6.07 Å². The fourth-order valence-electron chi connectivity index (χ4n) is 3.00. The van der Waals surface area contributed by atoms with E-state index in [1.165, 1.54) is 12.8 Å². The lowest BCUT2D eigenvalue weighted by Gasteiger charge is -2.36. The lowest BCUT2D eigenvalue weighted by Crippen LogP contribution is -2.41. The van der Waals surface area contributed by atoms with E-state index in [1.54, 1.807) is 0 Å². The monoisotopic (exact) mass is 276 g/mol. The number of nitrogens with two attached hydrogens (primary N) is 1. The first kappa shape index (κ1) is 15.2. The summed E-state index contributed by atoms with van der Waals surface area (Å²) in [5.41, 5.74) is 7.08. The molecule has 0 unspecified atom stereocenters. The van der Waals surface area contributed by atoms with Crippen LogP contribution in [0, 0.1) is 6.92 Å². The van der Waals surface area contributed by atoms with Gasteiger partial charge in [-0.1, -0.05) is 13.8 Å². The summed E-state index contributed by atoms with van der Waals surface area (Å²) in [4.78, 5) is 11.8. The third-order valence-electron chi connectivity index (χ3n) is 4.19. The first-order chi connectivity index (χ1) is 9.51. The highest BCUT2D eigenvalue weighted by Crippen LogP contribution is 2.26. The van der Waals surface area contributed by atoms with Gasteiger partial charge < -0.3 is 10.6 Å². The highest BCUT2D eigenvalue weighted by molar-refractivity contribution is 5.41. The van der Waals surface area contributed by atoms with Gasteiger partial charge in [0.05, 0.1) is 0 Å². The first-order valence-corrected chi connectivity index (χ1v) is 7.89. The Morgan fingerprint density at radius 1 is 1.25 bits per heavy atom. The zero-order chi connectivity index (χ0) is 14.7. The minimum atomic E-state index is 0.368. The van der Waals surface area contributed by atoms with Crippen molar-refractivity contribution >= 4 is 5.82 Å². The summed E-state index contributed by atoms with van der Waals surface area (Å²) in [7, 11) is 0. The second kappa shape index (κ2) is 6.53. The zero-order valence-corrected chi connectivity index (χ0v) is 13.3. The molecule has 0 aromatic carbocycles. The molecule has 4 nitrogen and oxygen atoms in total. The summed E-state index contributed by atoms with van der Waals surface area (Å²) in [6.07, 6.45) is 4.61. The van der Waals surface area contributed by atoms with Gasteiger partial charge in [-0.15, -0.1) is 0 Å². The Kier molecular flexibility index (Phi) is 4.97. The Bertz CT molecular complexity index is 436. The van der Waals surface area contributed by atoms with Gasteiger partial charge in [-0.25, -0.2) is 9.97 Å². The van der Waals surface area contributed by atoms with E-state index in [1.807, 2.05) is 0 Å². The number of hydrogen-bond donors (Lipinski definition) is 1. The molecular weight excluding hydrogens is 248 g/mol. The summed E-state index contributed by atoms with van der Waals surface area (Å²) < 4.78 is 0. The van der Waals surface area contributed by atoms with Crippen LogP contribution >= 0.6 is 0 Å². The van der Waals surface area contributed by atoms with E-state index in [-0.39, 0.29) is 0 Å². The van der Waals surface area contributed by atoms with Crippen LogP contribution in [0.1, 0.15) is 63.9 Å². The van der Waals surface area contributed by atoms with Crippen LogP contribution in [0.4, 0.5) is 5.82 Å². The standard InChI is InChI=1S/C16H28N4/c1-5-20(14-8-6-13(17)7-9-14)15-10-12(4)18-16(19-15)11(2)3/h10-11,13-14H,5-9,17H2,1-4H3. The van der Waals surface area contributed by atoms with E-state index >= 15 is 0 Å². The molecular formula is C16H28N4. The third kappa shape index (κ3) is 3.48. The van der Waals surface area contributed by atoms with Crippen molar-refractivity contribution in [2.24, 2.45) is 5.73 Å². The van der Waals surface area contributed by atoms with Crippen molar-refractivity contribution in [3.05, 3.63) is 17.6 Å². The van der Waals surface area contributed by atoms with Crippen molar-refractivity contribution in [2.45, 2.75) is 71.4 Å². The number of anilines is 1. The molecule has 0 saturated heterocycles. The van der Waals surface area contributed by atoms with Crippen molar-refractivity contribution in [1.82, 2.24) is 9.97 Å². The Morgan fingerprint density at radius 3 is 2.45 bits per heavy atom. The summed E-state index contributed by atoms with van der Waals surface area (Å²) in [5, 5.41) is 0. The van der Waals surface area contributed by atoms with Gasteiger partial charge in [-0.05, 0) is 39.5 Å². The summed E-state index contributed by atoms with van der Waals surface area (Å²) in [6.45, 7) is 9.56. The van der Waals surface area contributed by atoms with Gasteiger partial charge in [0.25, 0.3) is 0 Å². The van der Waals surface area contributed by atoms with Gasteiger partial charge >= 0.3 is 0 Å². The van der Waals surface area contributed by atoms with Gasteiger partial charge in [0.15, 0.2) is 0 Å². The van der Waals surface area contributed by atoms with Crippen LogP contribution in [0.25, 0.3) is 0 Å². The second-order valence-corrected chi connectivity index (χ2v) is 6.24. The highest BCUT2D eigenvalue weighted by atomic mass is 15.2. The Labute approximate surface area is 122 Å². The topological polar surface area (TPSA) is 55.0 Å². The predicted octanol–water partition coefficient (Wildman–Crippen LogP) is 3.00. The minimum absolute atomic E-state index is 0.368. The predicted molar refractivity (Wildman–Crippen MR) is 84.1 cm³/mol. The smallest absolute Gasteiger partial charge is 0.133 e. The Balaban J connectivity index is 2.22. The maximum atomic E-state index is 6.02. The van der Waals surface area contributed by atoms with E-state index in [9.17, 15) is 0 Å². The number of nitrogens with zero attached hydrogens (tertiary/aromatic N) is 3. The molecule has 1 heterocycles. The van der Waals surface area contributed by atoms with Gasteiger partial charge in [0.2, 0.25) is 0 Å². The molecule has 4 heteroatoms. The molecule has 2 rings (SSSR count). The van der Waals surface area contributed by atoms with Crippen LogP contribution < -0.4 is 10.6 Å². The van der Waals surface area contributed by atoms with Gasteiger partial charge in [-0.2, -0.15) is 0 Å². The average molecular weight is 276 g/mol. The van der Waals surface area contributed by atoms with E-state index in [2.05, 4.69) is 43.6 Å². The van der Waals surface area contributed by atoms with E-state index in [0.29, 0.717) is 18.0 Å². The number of aromatic nitrogens is 2. The molecule has 112 valence electrons. The number of hydrogen-bond acceptors (Lipinski definition) is 4.